The quantitative estimate of drug-likeness (QED) is 0.631. The molecule has 2 aliphatic heterocycles. The Hall–Kier alpha value is -1.90. The summed E-state index contributed by atoms with van der Waals surface area (Å²) in [6, 6.07) is 21.5. The lowest BCUT2D eigenvalue weighted by Gasteiger charge is -2.43. The van der Waals surface area contributed by atoms with E-state index in [0.29, 0.717) is 6.04 Å². The molecule has 5 rings (SSSR count). The van der Waals surface area contributed by atoms with E-state index in [-0.39, 0.29) is 0 Å². The average Bonchev–Trinajstić information content (AvgIpc) is 3.13. The molecule has 3 aromatic rings. The van der Waals surface area contributed by atoms with E-state index in [1.807, 2.05) is 0 Å². The third kappa shape index (κ3) is 2.56. The van der Waals surface area contributed by atoms with Crippen molar-refractivity contribution < 1.29 is 0 Å². The molecule has 2 aliphatic rings. The summed E-state index contributed by atoms with van der Waals surface area (Å²) in [5.41, 5.74) is 1.51. The fraction of sp³-hybridized carbons (Fsp3) is 0.391. The first-order valence-electron chi connectivity index (χ1n) is 9.69. The van der Waals surface area contributed by atoms with Crippen LogP contribution in [-0.4, -0.2) is 41.5 Å². The van der Waals surface area contributed by atoms with E-state index in [9.17, 15) is 0 Å². The topological polar surface area (TPSA) is 6.48 Å². The lowest BCUT2D eigenvalue weighted by atomic mass is 9.95. The van der Waals surface area contributed by atoms with Crippen LogP contribution in [0.15, 0.2) is 54.6 Å². The van der Waals surface area contributed by atoms with E-state index < -0.39 is 0 Å². The SMILES string of the molecule is C[C@H]1[C@H]2CCCN2CCN1Cc1c2ccccc2cc2ccccc12. The van der Waals surface area contributed by atoms with Gasteiger partial charge in [0.2, 0.25) is 0 Å². The summed E-state index contributed by atoms with van der Waals surface area (Å²) in [4.78, 5) is 5.43. The molecule has 0 N–H and O–H groups in total. The highest BCUT2D eigenvalue weighted by atomic mass is 15.3. The highest BCUT2D eigenvalue weighted by molar-refractivity contribution is 6.02. The lowest BCUT2D eigenvalue weighted by molar-refractivity contribution is 0.0476. The van der Waals surface area contributed by atoms with Gasteiger partial charge in [-0.05, 0) is 59.5 Å². The van der Waals surface area contributed by atoms with Crippen LogP contribution in [0.5, 0.6) is 0 Å². The van der Waals surface area contributed by atoms with E-state index >= 15 is 0 Å². The molecule has 2 heteroatoms. The zero-order chi connectivity index (χ0) is 16.8. The minimum absolute atomic E-state index is 0.647. The van der Waals surface area contributed by atoms with Gasteiger partial charge in [0.15, 0.2) is 0 Å². The van der Waals surface area contributed by atoms with E-state index in [0.717, 1.165) is 12.6 Å². The maximum absolute atomic E-state index is 2.72. The van der Waals surface area contributed by atoms with Crippen molar-refractivity contribution in [2.24, 2.45) is 0 Å². The number of fused-ring (bicyclic) bond motifs is 3. The zero-order valence-corrected chi connectivity index (χ0v) is 15.0. The summed E-state index contributed by atoms with van der Waals surface area (Å²) in [6.07, 6.45) is 2.74. The van der Waals surface area contributed by atoms with Gasteiger partial charge in [-0.2, -0.15) is 0 Å². The highest BCUT2D eigenvalue weighted by Crippen LogP contribution is 2.32. The fourth-order valence-electron chi connectivity index (χ4n) is 5.08. The molecule has 25 heavy (non-hydrogen) atoms. The Kier molecular flexibility index (Phi) is 3.76. The molecule has 0 unspecified atom stereocenters. The summed E-state index contributed by atoms with van der Waals surface area (Å²) < 4.78 is 0. The number of hydrogen-bond donors (Lipinski definition) is 0. The molecular weight excluding hydrogens is 304 g/mol. The number of benzene rings is 3. The van der Waals surface area contributed by atoms with Gasteiger partial charge in [-0.15, -0.1) is 0 Å². The van der Waals surface area contributed by atoms with Crippen LogP contribution < -0.4 is 0 Å². The van der Waals surface area contributed by atoms with Crippen molar-refractivity contribution in [2.75, 3.05) is 19.6 Å². The third-order valence-electron chi connectivity index (χ3n) is 6.47. The fourth-order valence-corrected chi connectivity index (χ4v) is 5.08. The Balaban J connectivity index is 1.59. The van der Waals surface area contributed by atoms with Crippen LogP contribution in [-0.2, 0) is 6.54 Å². The maximum Gasteiger partial charge on any atom is 0.0250 e. The van der Waals surface area contributed by atoms with Gasteiger partial charge in [0.1, 0.15) is 0 Å². The van der Waals surface area contributed by atoms with Crippen molar-refractivity contribution in [2.45, 2.75) is 38.4 Å². The van der Waals surface area contributed by atoms with E-state index in [1.165, 1.54) is 59.6 Å². The van der Waals surface area contributed by atoms with E-state index in [4.69, 9.17) is 0 Å². The Bertz CT molecular complexity index is 862. The van der Waals surface area contributed by atoms with Crippen molar-refractivity contribution in [1.82, 2.24) is 9.80 Å². The molecule has 128 valence electrons. The minimum Gasteiger partial charge on any atom is -0.298 e. The largest absolute Gasteiger partial charge is 0.298 e. The second kappa shape index (κ2) is 6.12. The first kappa shape index (κ1) is 15.4. The molecule has 2 fully saturated rings. The Labute approximate surface area is 150 Å². The number of piperazine rings is 1. The predicted molar refractivity (Wildman–Crippen MR) is 106 cm³/mol. The number of hydrogen-bond acceptors (Lipinski definition) is 2. The predicted octanol–water partition coefficient (Wildman–Crippen LogP) is 4.66. The zero-order valence-electron chi connectivity index (χ0n) is 15.0. The number of rotatable bonds is 2. The van der Waals surface area contributed by atoms with Crippen molar-refractivity contribution in [1.29, 1.82) is 0 Å². The van der Waals surface area contributed by atoms with E-state index in [1.54, 1.807) is 0 Å². The first-order valence-corrected chi connectivity index (χ1v) is 9.69. The molecule has 2 nitrogen and oxygen atoms in total. The molecule has 0 aliphatic carbocycles. The molecule has 2 saturated heterocycles. The van der Waals surface area contributed by atoms with Gasteiger partial charge < -0.3 is 0 Å². The van der Waals surface area contributed by atoms with Gasteiger partial charge in [-0.25, -0.2) is 0 Å². The molecule has 0 aromatic heterocycles. The highest BCUT2D eigenvalue weighted by Gasteiger charge is 2.36. The van der Waals surface area contributed by atoms with Crippen LogP contribution in [0, 0.1) is 0 Å². The van der Waals surface area contributed by atoms with Crippen LogP contribution in [0.3, 0.4) is 0 Å². The van der Waals surface area contributed by atoms with Crippen LogP contribution in [0.2, 0.25) is 0 Å². The Morgan fingerprint density at radius 1 is 0.880 bits per heavy atom. The van der Waals surface area contributed by atoms with Gasteiger partial charge in [0.05, 0.1) is 0 Å². The summed E-state index contributed by atoms with van der Waals surface area (Å²) in [7, 11) is 0. The standard InChI is InChI=1S/C23H26N2/c1-17-23-11-6-12-24(23)13-14-25(17)16-22-20-9-4-2-7-18(20)15-19-8-3-5-10-21(19)22/h2-5,7-10,15,17,23H,6,11-14,16H2,1H3/t17-,23+/m0/s1. The summed E-state index contributed by atoms with van der Waals surface area (Å²) in [5.74, 6) is 0. The molecule has 3 aromatic carbocycles. The molecule has 0 radical (unpaired) electrons. The van der Waals surface area contributed by atoms with Crippen molar-refractivity contribution >= 4 is 21.5 Å². The summed E-state index contributed by atoms with van der Waals surface area (Å²) in [5, 5.41) is 5.57. The van der Waals surface area contributed by atoms with Crippen molar-refractivity contribution in [3.8, 4) is 0 Å². The third-order valence-corrected chi connectivity index (χ3v) is 6.47. The molecule has 2 atom stereocenters. The Morgan fingerprint density at radius 2 is 1.56 bits per heavy atom. The second-order valence-corrected chi connectivity index (χ2v) is 7.75. The monoisotopic (exact) mass is 330 g/mol. The smallest absolute Gasteiger partial charge is 0.0250 e. The van der Waals surface area contributed by atoms with E-state index in [2.05, 4.69) is 71.3 Å². The lowest BCUT2D eigenvalue weighted by Crippen LogP contribution is -2.55. The molecule has 0 amide bonds. The molecular formula is C23H26N2. The molecule has 0 spiro atoms. The van der Waals surface area contributed by atoms with Crippen molar-refractivity contribution in [3.05, 3.63) is 60.2 Å². The van der Waals surface area contributed by atoms with Crippen molar-refractivity contribution in [3.63, 3.8) is 0 Å². The van der Waals surface area contributed by atoms with Gasteiger partial charge in [-0.1, -0.05) is 48.5 Å². The van der Waals surface area contributed by atoms with Crippen LogP contribution in [0.1, 0.15) is 25.3 Å². The summed E-state index contributed by atoms with van der Waals surface area (Å²) >= 11 is 0. The van der Waals surface area contributed by atoms with Crippen LogP contribution >= 0.6 is 0 Å². The molecule has 2 heterocycles. The van der Waals surface area contributed by atoms with Crippen LogP contribution in [0.4, 0.5) is 0 Å². The van der Waals surface area contributed by atoms with Crippen LogP contribution in [0.25, 0.3) is 21.5 Å². The average molecular weight is 330 g/mol. The van der Waals surface area contributed by atoms with Gasteiger partial charge in [-0.3, -0.25) is 9.80 Å². The first-order chi connectivity index (χ1) is 12.3. The maximum atomic E-state index is 2.72. The summed E-state index contributed by atoms with van der Waals surface area (Å²) in [6.45, 7) is 7.23. The molecule has 0 saturated carbocycles. The number of nitrogens with zero attached hydrogens (tertiary/aromatic N) is 2. The minimum atomic E-state index is 0.647. The van der Waals surface area contributed by atoms with Gasteiger partial charge in [0, 0.05) is 31.7 Å². The van der Waals surface area contributed by atoms with Gasteiger partial charge in [0.25, 0.3) is 0 Å². The Morgan fingerprint density at radius 3 is 2.28 bits per heavy atom. The second-order valence-electron chi connectivity index (χ2n) is 7.75. The normalized spacial score (nSPS) is 24.8. The van der Waals surface area contributed by atoms with Gasteiger partial charge >= 0.3 is 0 Å². The molecule has 0 bridgehead atoms.